The molecular weight excluding hydrogens is 294 g/mol. The van der Waals surface area contributed by atoms with Crippen LogP contribution in [0.2, 0.25) is 5.02 Å². The average molecular weight is 314 g/mol. The molecule has 1 unspecified atom stereocenters. The molecule has 3 rings (SSSR count). The summed E-state index contributed by atoms with van der Waals surface area (Å²) in [6, 6.07) is 18.1. The number of hydrogen-bond donors (Lipinski definition) is 0. The van der Waals surface area contributed by atoms with Crippen molar-refractivity contribution in [1.82, 2.24) is 4.90 Å². The van der Waals surface area contributed by atoms with Gasteiger partial charge in [-0.15, -0.1) is 0 Å². The lowest BCUT2D eigenvalue weighted by molar-refractivity contribution is -0.134. The Labute approximate surface area is 136 Å². The van der Waals surface area contributed by atoms with Gasteiger partial charge in [0.25, 0.3) is 0 Å². The van der Waals surface area contributed by atoms with Gasteiger partial charge >= 0.3 is 0 Å². The number of likely N-dealkylation sites (tertiary alicyclic amines) is 1. The third kappa shape index (κ3) is 3.50. The fourth-order valence-electron chi connectivity index (χ4n) is 3.13. The summed E-state index contributed by atoms with van der Waals surface area (Å²) in [6.45, 7) is 0.853. The summed E-state index contributed by atoms with van der Waals surface area (Å²) in [7, 11) is 0. The van der Waals surface area contributed by atoms with Crippen molar-refractivity contribution in [2.75, 3.05) is 6.54 Å². The van der Waals surface area contributed by atoms with E-state index in [1.54, 1.807) is 0 Å². The fraction of sp³-hybridized carbons (Fsp3) is 0.316. The van der Waals surface area contributed by atoms with E-state index in [-0.39, 0.29) is 11.9 Å². The summed E-state index contributed by atoms with van der Waals surface area (Å²) in [6.07, 6.45) is 3.77. The maximum Gasteiger partial charge on any atom is 0.227 e. The molecule has 0 bridgehead atoms. The van der Waals surface area contributed by atoms with Crippen LogP contribution in [0, 0.1) is 0 Å². The van der Waals surface area contributed by atoms with Gasteiger partial charge in [0.2, 0.25) is 5.91 Å². The Kier molecular flexibility index (Phi) is 4.79. The van der Waals surface area contributed by atoms with Crippen LogP contribution >= 0.6 is 11.6 Å². The molecule has 2 aromatic carbocycles. The van der Waals surface area contributed by atoms with Crippen molar-refractivity contribution in [2.45, 2.75) is 31.7 Å². The molecule has 1 fully saturated rings. The molecule has 22 heavy (non-hydrogen) atoms. The molecule has 0 N–H and O–H groups in total. The Morgan fingerprint density at radius 3 is 2.50 bits per heavy atom. The van der Waals surface area contributed by atoms with Gasteiger partial charge in [-0.3, -0.25) is 4.79 Å². The first-order valence-electron chi connectivity index (χ1n) is 7.83. The van der Waals surface area contributed by atoms with Gasteiger partial charge < -0.3 is 4.90 Å². The smallest absolute Gasteiger partial charge is 0.227 e. The Bertz CT molecular complexity index is 624. The van der Waals surface area contributed by atoms with E-state index >= 15 is 0 Å². The van der Waals surface area contributed by atoms with E-state index in [0.717, 1.165) is 24.9 Å². The van der Waals surface area contributed by atoms with Gasteiger partial charge in [-0.2, -0.15) is 0 Å². The normalized spacial score (nSPS) is 18.2. The number of halogens is 1. The predicted octanol–water partition coefficient (Wildman–Crippen LogP) is 4.64. The Balaban J connectivity index is 1.75. The van der Waals surface area contributed by atoms with E-state index in [2.05, 4.69) is 12.1 Å². The van der Waals surface area contributed by atoms with Crippen molar-refractivity contribution < 1.29 is 4.79 Å². The molecule has 1 aliphatic heterocycles. The summed E-state index contributed by atoms with van der Waals surface area (Å²) >= 11 is 5.90. The van der Waals surface area contributed by atoms with Crippen LogP contribution in [-0.4, -0.2) is 17.4 Å². The van der Waals surface area contributed by atoms with Crippen LogP contribution in [0.25, 0.3) is 0 Å². The third-order valence-electron chi connectivity index (χ3n) is 4.28. The number of nitrogens with zero attached hydrogens (tertiary/aromatic N) is 1. The Hall–Kier alpha value is -1.80. The zero-order chi connectivity index (χ0) is 15.4. The van der Waals surface area contributed by atoms with E-state index in [1.807, 2.05) is 47.4 Å². The van der Waals surface area contributed by atoms with Crippen LogP contribution in [0.4, 0.5) is 0 Å². The van der Waals surface area contributed by atoms with Crippen LogP contribution in [0.5, 0.6) is 0 Å². The highest BCUT2D eigenvalue weighted by Crippen LogP contribution is 2.31. The van der Waals surface area contributed by atoms with Gasteiger partial charge in [-0.1, -0.05) is 54.1 Å². The molecule has 1 heterocycles. The van der Waals surface area contributed by atoms with Crippen molar-refractivity contribution in [1.29, 1.82) is 0 Å². The Morgan fingerprint density at radius 1 is 1.05 bits per heavy atom. The number of hydrogen-bond acceptors (Lipinski definition) is 1. The van der Waals surface area contributed by atoms with Gasteiger partial charge in [0, 0.05) is 11.6 Å². The molecular formula is C19H20ClNO. The van der Waals surface area contributed by atoms with Crippen LogP contribution in [0.15, 0.2) is 54.6 Å². The number of rotatable bonds is 3. The molecule has 0 aliphatic carbocycles. The minimum Gasteiger partial charge on any atom is -0.335 e. The highest BCUT2D eigenvalue weighted by atomic mass is 35.5. The van der Waals surface area contributed by atoms with Gasteiger partial charge in [0.1, 0.15) is 0 Å². The summed E-state index contributed by atoms with van der Waals surface area (Å²) in [5.74, 6) is 0.205. The van der Waals surface area contributed by atoms with E-state index in [9.17, 15) is 4.79 Å². The van der Waals surface area contributed by atoms with Crippen LogP contribution in [0.3, 0.4) is 0 Å². The van der Waals surface area contributed by atoms with Crippen molar-refractivity contribution in [3.8, 4) is 0 Å². The van der Waals surface area contributed by atoms with Crippen molar-refractivity contribution >= 4 is 17.5 Å². The van der Waals surface area contributed by atoms with Gasteiger partial charge in [0.15, 0.2) is 0 Å². The molecule has 0 aromatic heterocycles. The molecule has 0 radical (unpaired) electrons. The summed E-state index contributed by atoms with van der Waals surface area (Å²) < 4.78 is 0. The van der Waals surface area contributed by atoms with Gasteiger partial charge in [-0.05, 0) is 42.5 Å². The zero-order valence-corrected chi connectivity index (χ0v) is 13.3. The molecule has 0 saturated carbocycles. The second-order valence-corrected chi connectivity index (χ2v) is 6.25. The summed E-state index contributed by atoms with van der Waals surface area (Å²) in [5, 5.41) is 0.705. The molecule has 2 aromatic rings. The predicted molar refractivity (Wildman–Crippen MR) is 89.9 cm³/mol. The second kappa shape index (κ2) is 6.97. The largest absolute Gasteiger partial charge is 0.335 e. The summed E-state index contributed by atoms with van der Waals surface area (Å²) in [5.41, 5.74) is 2.26. The second-order valence-electron chi connectivity index (χ2n) is 5.81. The number of piperidine rings is 1. The SMILES string of the molecule is O=C(Cc1ccc(Cl)cc1)N1CCCCC1c1ccccc1. The van der Waals surface area contributed by atoms with Crippen LogP contribution in [-0.2, 0) is 11.2 Å². The standard InChI is InChI=1S/C19H20ClNO/c20-17-11-9-15(10-12-17)14-19(22)21-13-5-4-8-18(21)16-6-2-1-3-7-16/h1-3,6-7,9-12,18H,4-5,8,13-14H2. The molecule has 1 amide bonds. The molecule has 2 nitrogen and oxygen atoms in total. The van der Waals surface area contributed by atoms with Crippen molar-refractivity contribution in [2.24, 2.45) is 0 Å². The third-order valence-corrected chi connectivity index (χ3v) is 4.53. The number of benzene rings is 2. The van der Waals surface area contributed by atoms with E-state index in [4.69, 9.17) is 11.6 Å². The number of amides is 1. The number of carbonyl (C=O) groups is 1. The first-order chi connectivity index (χ1) is 10.7. The molecule has 1 atom stereocenters. The minimum atomic E-state index is 0.205. The maximum atomic E-state index is 12.7. The highest BCUT2D eigenvalue weighted by Gasteiger charge is 2.27. The van der Waals surface area contributed by atoms with E-state index in [1.165, 1.54) is 12.0 Å². The quantitative estimate of drug-likeness (QED) is 0.808. The topological polar surface area (TPSA) is 20.3 Å². The van der Waals surface area contributed by atoms with Gasteiger partial charge in [0.05, 0.1) is 12.5 Å². The van der Waals surface area contributed by atoms with Gasteiger partial charge in [-0.25, -0.2) is 0 Å². The minimum absolute atomic E-state index is 0.205. The maximum absolute atomic E-state index is 12.7. The van der Waals surface area contributed by atoms with E-state index < -0.39 is 0 Å². The molecule has 114 valence electrons. The fourth-order valence-corrected chi connectivity index (χ4v) is 3.26. The van der Waals surface area contributed by atoms with Crippen molar-refractivity contribution in [3.05, 3.63) is 70.7 Å². The first kappa shape index (κ1) is 15.1. The first-order valence-corrected chi connectivity index (χ1v) is 8.21. The highest BCUT2D eigenvalue weighted by molar-refractivity contribution is 6.30. The molecule has 1 saturated heterocycles. The lowest BCUT2D eigenvalue weighted by atomic mass is 9.94. The molecule has 0 spiro atoms. The summed E-state index contributed by atoms with van der Waals surface area (Å²) in [4.78, 5) is 14.8. The van der Waals surface area contributed by atoms with Crippen LogP contribution in [0.1, 0.15) is 36.4 Å². The monoisotopic (exact) mass is 313 g/mol. The Morgan fingerprint density at radius 2 is 1.77 bits per heavy atom. The van der Waals surface area contributed by atoms with Crippen LogP contribution < -0.4 is 0 Å². The average Bonchev–Trinajstić information content (AvgIpc) is 2.58. The molecule has 3 heteroatoms. The molecule has 1 aliphatic rings. The lowest BCUT2D eigenvalue weighted by Gasteiger charge is -2.36. The number of carbonyl (C=O) groups excluding carboxylic acids is 1. The van der Waals surface area contributed by atoms with E-state index in [0.29, 0.717) is 11.4 Å². The lowest BCUT2D eigenvalue weighted by Crippen LogP contribution is -2.39. The van der Waals surface area contributed by atoms with Crippen molar-refractivity contribution in [3.63, 3.8) is 0 Å². The zero-order valence-electron chi connectivity index (χ0n) is 12.5.